The topological polar surface area (TPSA) is 70.5 Å². The summed E-state index contributed by atoms with van der Waals surface area (Å²) in [5.41, 5.74) is 6.15. The highest BCUT2D eigenvalue weighted by atomic mass is 16.5. The predicted octanol–water partition coefficient (Wildman–Crippen LogP) is 1.72. The number of benzene rings is 1. The molecule has 0 saturated carbocycles. The Labute approximate surface area is 99.1 Å². The zero-order valence-electron chi connectivity index (χ0n) is 9.55. The Balaban J connectivity index is 1.96. The number of hydrogen-bond donors (Lipinski definition) is 1. The molecule has 90 valence electrons. The summed E-state index contributed by atoms with van der Waals surface area (Å²) in [4.78, 5) is 0. The summed E-state index contributed by atoms with van der Waals surface area (Å²) >= 11 is 0. The van der Waals surface area contributed by atoms with Gasteiger partial charge in [-0.1, -0.05) is 11.2 Å². The van der Waals surface area contributed by atoms with E-state index in [9.17, 15) is 0 Å². The molecule has 0 bridgehead atoms. The fourth-order valence-electron chi connectivity index (χ4n) is 1.37. The fraction of sp³-hybridized carbons (Fsp3) is 0.250. The van der Waals surface area contributed by atoms with Crippen molar-refractivity contribution in [1.29, 1.82) is 0 Å². The molecular formula is C12H14N2O3. The zero-order chi connectivity index (χ0) is 12.1. The van der Waals surface area contributed by atoms with E-state index in [1.54, 1.807) is 19.2 Å². The first-order valence-electron chi connectivity index (χ1n) is 5.23. The van der Waals surface area contributed by atoms with Crippen molar-refractivity contribution in [2.45, 2.75) is 13.2 Å². The van der Waals surface area contributed by atoms with E-state index < -0.39 is 0 Å². The van der Waals surface area contributed by atoms with Crippen LogP contribution in [0.25, 0.3) is 0 Å². The summed E-state index contributed by atoms with van der Waals surface area (Å²) in [7, 11) is 1.61. The standard InChI is InChI=1S/C12H14N2O3/c1-15-10-3-2-4-11(6-10)16-8-12-5-9(7-13)14-17-12/h2-6H,7-8,13H2,1H3. The van der Waals surface area contributed by atoms with Crippen LogP contribution in [0.2, 0.25) is 0 Å². The third-order valence-electron chi connectivity index (χ3n) is 2.24. The van der Waals surface area contributed by atoms with E-state index in [2.05, 4.69) is 5.16 Å². The monoisotopic (exact) mass is 234 g/mol. The molecule has 17 heavy (non-hydrogen) atoms. The molecule has 2 rings (SSSR count). The molecule has 0 aliphatic carbocycles. The van der Waals surface area contributed by atoms with Crippen LogP contribution in [0.3, 0.4) is 0 Å². The van der Waals surface area contributed by atoms with Crippen LogP contribution < -0.4 is 15.2 Å². The van der Waals surface area contributed by atoms with Crippen molar-refractivity contribution in [3.63, 3.8) is 0 Å². The number of nitrogens with two attached hydrogens (primary N) is 1. The van der Waals surface area contributed by atoms with Crippen LogP contribution in [0.5, 0.6) is 11.5 Å². The van der Waals surface area contributed by atoms with Crippen molar-refractivity contribution < 1.29 is 14.0 Å². The van der Waals surface area contributed by atoms with Gasteiger partial charge >= 0.3 is 0 Å². The molecule has 0 atom stereocenters. The number of aromatic nitrogens is 1. The van der Waals surface area contributed by atoms with E-state index in [0.717, 1.165) is 11.5 Å². The fourth-order valence-corrected chi connectivity index (χ4v) is 1.37. The lowest BCUT2D eigenvalue weighted by Crippen LogP contribution is -1.96. The van der Waals surface area contributed by atoms with Crippen LogP contribution in [0.4, 0.5) is 0 Å². The van der Waals surface area contributed by atoms with Gasteiger partial charge in [0.2, 0.25) is 0 Å². The van der Waals surface area contributed by atoms with Crippen molar-refractivity contribution >= 4 is 0 Å². The van der Waals surface area contributed by atoms with Crippen LogP contribution >= 0.6 is 0 Å². The Morgan fingerprint density at radius 1 is 1.29 bits per heavy atom. The number of ether oxygens (including phenoxy) is 2. The Bertz CT molecular complexity index is 482. The third kappa shape index (κ3) is 2.98. The lowest BCUT2D eigenvalue weighted by atomic mass is 10.3. The van der Waals surface area contributed by atoms with Gasteiger partial charge in [-0.3, -0.25) is 0 Å². The highest BCUT2D eigenvalue weighted by Crippen LogP contribution is 2.20. The third-order valence-corrected chi connectivity index (χ3v) is 2.24. The van der Waals surface area contributed by atoms with Crippen LogP contribution in [0.15, 0.2) is 34.9 Å². The van der Waals surface area contributed by atoms with E-state index in [0.29, 0.717) is 24.6 Å². The van der Waals surface area contributed by atoms with Crippen molar-refractivity contribution in [2.24, 2.45) is 5.73 Å². The van der Waals surface area contributed by atoms with Gasteiger partial charge < -0.3 is 19.7 Å². The maximum absolute atomic E-state index is 5.54. The van der Waals surface area contributed by atoms with Crippen LogP contribution in [-0.2, 0) is 13.2 Å². The molecule has 0 aliphatic heterocycles. The number of nitrogens with zero attached hydrogens (tertiary/aromatic N) is 1. The molecule has 1 aromatic heterocycles. The van der Waals surface area contributed by atoms with E-state index in [1.165, 1.54) is 0 Å². The average molecular weight is 234 g/mol. The molecule has 0 aliphatic rings. The van der Waals surface area contributed by atoms with Crippen LogP contribution in [0, 0.1) is 0 Å². The lowest BCUT2D eigenvalue weighted by molar-refractivity contribution is 0.247. The highest BCUT2D eigenvalue weighted by Gasteiger charge is 2.04. The molecule has 5 nitrogen and oxygen atoms in total. The van der Waals surface area contributed by atoms with E-state index >= 15 is 0 Å². The summed E-state index contributed by atoms with van der Waals surface area (Å²) in [5.74, 6) is 2.12. The Morgan fingerprint density at radius 2 is 2.12 bits per heavy atom. The largest absolute Gasteiger partial charge is 0.497 e. The van der Waals surface area contributed by atoms with Gasteiger partial charge in [0, 0.05) is 18.7 Å². The number of methoxy groups -OCH3 is 1. The first kappa shape index (κ1) is 11.5. The number of rotatable bonds is 5. The molecule has 5 heteroatoms. The second-order valence-electron chi connectivity index (χ2n) is 3.46. The maximum Gasteiger partial charge on any atom is 0.174 e. The van der Waals surface area contributed by atoms with Crippen molar-refractivity contribution in [3.8, 4) is 11.5 Å². The van der Waals surface area contributed by atoms with Gasteiger partial charge in [0.25, 0.3) is 0 Å². The minimum absolute atomic E-state index is 0.320. The molecule has 2 N–H and O–H groups in total. The summed E-state index contributed by atoms with van der Waals surface area (Å²) in [5, 5.41) is 3.78. The summed E-state index contributed by atoms with van der Waals surface area (Å²) in [6.07, 6.45) is 0. The van der Waals surface area contributed by atoms with Gasteiger partial charge in [0.1, 0.15) is 18.1 Å². The summed E-state index contributed by atoms with van der Waals surface area (Å²) in [6, 6.07) is 9.15. The van der Waals surface area contributed by atoms with Gasteiger partial charge in [-0.05, 0) is 12.1 Å². The second kappa shape index (κ2) is 5.36. The minimum atomic E-state index is 0.320. The smallest absolute Gasteiger partial charge is 0.174 e. The van der Waals surface area contributed by atoms with Gasteiger partial charge in [0.05, 0.1) is 12.8 Å². The van der Waals surface area contributed by atoms with Gasteiger partial charge in [-0.2, -0.15) is 0 Å². The molecule has 2 aromatic rings. The summed E-state index contributed by atoms with van der Waals surface area (Å²) < 4.78 is 15.7. The lowest BCUT2D eigenvalue weighted by Gasteiger charge is -2.05. The van der Waals surface area contributed by atoms with E-state index in [1.807, 2.05) is 18.2 Å². The molecule has 0 amide bonds. The molecule has 0 fully saturated rings. The Hall–Kier alpha value is -2.01. The molecule has 1 aromatic carbocycles. The first-order valence-corrected chi connectivity index (χ1v) is 5.23. The summed E-state index contributed by atoms with van der Waals surface area (Å²) in [6.45, 7) is 0.683. The van der Waals surface area contributed by atoms with Crippen LogP contribution in [0.1, 0.15) is 11.5 Å². The molecule has 0 saturated heterocycles. The molecular weight excluding hydrogens is 220 g/mol. The average Bonchev–Trinajstić information content (AvgIpc) is 2.84. The van der Waals surface area contributed by atoms with E-state index in [4.69, 9.17) is 19.7 Å². The van der Waals surface area contributed by atoms with Gasteiger partial charge in [-0.25, -0.2) is 0 Å². The Kier molecular flexibility index (Phi) is 3.62. The van der Waals surface area contributed by atoms with E-state index in [-0.39, 0.29) is 0 Å². The van der Waals surface area contributed by atoms with Crippen molar-refractivity contribution in [3.05, 3.63) is 41.8 Å². The SMILES string of the molecule is COc1cccc(OCc2cc(CN)no2)c1. The molecule has 0 spiro atoms. The quantitative estimate of drug-likeness (QED) is 0.852. The van der Waals surface area contributed by atoms with Crippen LogP contribution in [-0.4, -0.2) is 12.3 Å². The number of hydrogen-bond acceptors (Lipinski definition) is 5. The zero-order valence-corrected chi connectivity index (χ0v) is 9.55. The molecule has 0 radical (unpaired) electrons. The van der Waals surface area contributed by atoms with Gasteiger partial charge in [0.15, 0.2) is 5.76 Å². The molecule has 1 heterocycles. The second-order valence-corrected chi connectivity index (χ2v) is 3.46. The normalized spacial score (nSPS) is 10.2. The minimum Gasteiger partial charge on any atom is -0.497 e. The first-order chi connectivity index (χ1) is 8.31. The predicted molar refractivity (Wildman–Crippen MR) is 61.7 cm³/mol. The highest BCUT2D eigenvalue weighted by molar-refractivity contribution is 5.32. The maximum atomic E-state index is 5.54. The van der Waals surface area contributed by atoms with Crippen molar-refractivity contribution in [2.75, 3.05) is 7.11 Å². The van der Waals surface area contributed by atoms with Gasteiger partial charge in [-0.15, -0.1) is 0 Å². The molecule has 0 unspecified atom stereocenters. The van der Waals surface area contributed by atoms with Crippen molar-refractivity contribution in [1.82, 2.24) is 5.16 Å². The Morgan fingerprint density at radius 3 is 2.82 bits per heavy atom.